The van der Waals surface area contributed by atoms with Gasteiger partial charge in [-0.1, -0.05) is 17.7 Å². The SMILES string of the molecule is C=CCCCN(C)S(=O)(=O)c1cc(N)c(C)c(Cl)c1. The van der Waals surface area contributed by atoms with Gasteiger partial charge in [0.05, 0.1) is 4.90 Å². The minimum absolute atomic E-state index is 0.127. The first-order chi connectivity index (χ1) is 8.80. The first-order valence-electron chi connectivity index (χ1n) is 5.93. The predicted octanol–water partition coefficient (Wildman–Crippen LogP) is 2.82. The molecule has 4 nitrogen and oxygen atoms in total. The zero-order valence-electron chi connectivity index (χ0n) is 11.2. The van der Waals surface area contributed by atoms with E-state index in [2.05, 4.69) is 6.58 Å². The number of rotatable bonds is 6. The molecule has 0 radical (unpaired) electrons. The molecule has 0 saturated heterocycles. The highest BCUT2D eigenvalue weighted by Crippen LogP contribution is 2.27. The molecule has 0 aliphatic carbocycles. The van der Waals surface area contributed by atoms with Gasteiger partial charge in [-0.25, -0.2) is 12.7 Å². The van der Waals surface area contributed by atoms with E-state index in [1.165, 1.54) is 16.4 Å². The summed E-state index contributed by atoms with van der Waals surface area (Å²) in [6, 6.07) is 2.88. The van der Waals surface area contributed by atoms with Crippen LogP contribution in [0.25, 0.3) is 0 Å². The first-order valence-corrected chi connectivity index (χ1v) is 7.75. The van der Waals surface area contributed by atoms with Gasteiger partial charge in [0, 0.05) is 24.3 Å². The highest BCUT2D eigenvalue weighted by molar-refractivity contribution is 7.89. The van der Waals surface area contributed by atoms with E-state index in [4.69, 9.17) is 17.3 Å². The van der Waals surface area contributed by atoms with Gasteiger partial charge in [0.1, 0.15) is 0 Å². The molecule has 1 aromatic rings. The molecule has 1 rings (SSSR count). The highest BCUT2D eigenvalue weighted by atomic mass is 35.5. The number of nitrogens with two attached hydrogens (primary N) is 1. The summed E-state index contributed by atoms with van der Waals surface area (Å²) in [6.45, 7) is 5.79. The van der Waals surface area contributed by atoms with Gasteiger partial charge in [-0.15, -0.1) is 6.58 Å². The van der Waals surface area contributed by atoms with E-state index < -0.39 is 10.0 Å². The molecule has 0 atom stereocenters. The summed E-state index contributed by atoms with van der Waals surface area (Å²) in [5.74, 6) is 0. The van der Waals surface area contributed by atoms with Crippen LogP contribution in [0.1, 0.15) is 18.4 Å². The van der Waals surface area contributed by atoms with Crippen LogP contribution in [0.5, 0.6) is 0 Å². The summed E-state index contributed by atoms with van der Waals surface area (Å²) in [5.41, 5.74) is 6.83. The standard InChI is InChI=1S/C13H19ClN2O2S/c1-4-5-6-7-16(3)19(17,18)11-8-12(14)10(2)13(15)9-11/h4,8-9H,1,5-7,15H2,2-3H3. The molecule has 0 saturated carbocycles. The number of nitrogen functional groups attached to an aromatic ring is 1. The number of anilines is 1. The van der Waals surface area contributed by atoms with E-state index in [-0.39, 0.29) is 4.90 Å². The molecule has 106 valence electrons. The van der Waals surface area contributed by atoms with Crippen LogP contribution in [0.2, 0.25) is 5.02 Å². The fraction of sp³-hybridized carbons (Fsp3) is 0.385. The van der Waals surface area contributed by atoms with Crippen LogP contribution >= 0.6 is 11.6 Å². The van der Waals surface area contributed by atoms with Crippen molar-refractivity contribution in [2.24, 2.45) is 0 Å². The Hall–Kier alpha value is -1.04. The molecule has 0 bridgehead atoms. The Morgan fingerprint density at radius 2 is 2.11 bits per heavy atom. The number of nitrogens with zero attached hydrogens (tertiary/aromatic N) is 1. The number of allylic oxidation sites excluding steroid dienone is 1. The molecular formula is C13H19ClN2O2S. The lowest BCUT2D eigenvalue weighted by atomic mass is 10.2. The minimum atomic E-state index is -3.55. The van der Waals surface area contributed by atoms with Gasteiger partial charge in [0.2, 0.25) is 10.0 Å². The van der Waals surface area contributed by atoms with Crippen molar-refractivity contribution in [3.8, 4) is 0 Å². The van der Waals surface area contributed by atoms with Gasteiger partial charge in [-0.2, -0.15) is 0 Å². The Kier molecular flexibility index (Phi) is 5.40. The topological polar surface area (TPSA) is 63.4 Å². The van der Waals surface area contributed by atoms with Crippen LogP contribution < -0.4 is 5.73 Å². The lowest BCUT2D eigenvalue weighted by Crippen LogP contribution is -2.28. The third kappa shape index (κ3) is 3.72. The van der Waals surface area contributed by atoms with E-state index in [1.807, 2.05) is 0 Å². The number of benzene rings is 1. The van der Waals surface area contributed by atoms with Crippen molar-refractivity contribution in [3.63, 3.8) is 0 Å². The summed E-state index contributed by atoms with van der Waals surface area (Å²) in [7, 11) is -2.00. The fourth-order valence-corrected chi connectivity index (χ4v) is 3.14. The maximum Gasteiger partial charge on any atom is 0.242 e. The van der Waals surface area contributed by atoms with Crippen molar-refractivity contribution in [1.29, 1.82) is 0 Å². The maximum absolute atomic E-state index is 12.3. The van der Waals surface area contributed by atoms with Gasteiger partial charge >= 0.3 is 0 Å². The smallest absolute Gasteiger partial charge is 0.242 e. The fourth-order valence-electron chi connectivity index (χ4n) is 1.58. The van der Waals surface area contributed by atoms with Crippen molar-refractivity contribution >= 4 is 27.3 Å². The van der Waals surface area contributed by atoms with Crippen molar-refractivity contribution in [2.45, 2.75) is 24.7 Å². The quantitative estimate of drug-likeness (QED) is 0.499. The normalized spacial score (nSPS) is 11.8. The molecule has 0 aliphatic heterocycles. The first kappa shape index (κ1) is 16.0. The molecule has 0 aromatic heterocycles. The Morgan fingerprint density at radius 3 is 2.63 bits per heavy atom. The molecular weight excluding hydrogens is 284 g/mol. The second-order valence-corrected chi connectivity index (χ2v) is 6.83. The number of unbranched alkanes of at least 4 members (excludes halogenated alkanes) is 1. The third-order valence-corrected chi connectivity index (χ3v) is 5.17. The highest BCUT2D eigenvalue weighted by Gasteiger charge is 2.21. The molecule has 2 N–H and O–H groups in total. The van der Waals surface area contributed by atoms with Crippen molar-refractivity contribution < 1.29 is 8.42 Å². The molecule has 1 aromatic carbocycles. The van der Waals surface area contributed by atoms with Crippen LogP contribution in [0.15, 0.2) is 29.7 Å². The van der Waals surface area contributed by atoms with Crippen molar-refractivity contribution in [3.05, 3.63) is 35.4 Å². The predicted molar refractivity (Wildman–Crippen MR) is 79.8 cm³/mol. The summed E-state index contributed by atoms with van der Waals surface area (Å²) >= 11 is 5.98. The monoisotopic (exact) mass is 302 g/mol. The number of hydrogen-bond acceptors (Lipinski definition) is 3. The van der Waals surface area contributed by atoms with E-state index in [0.29, 0.717) is 22.8 Å². The zero-order valence-corrected chi connectivity index (χ0v) is 12.8. The average molecular weight is 303 g/mol. The Balaban J connectivity index is 3.03. The van der Waals surface area contributed by atoms with Gasteiger partial charge in [0.15, 0.2) is 0 Å². The Bertz CT molecular complexity index is 547. The summed E-state index contributed by atoms with van der Waals surface area (Å²) in [4.78, 5) is 0.127. The van der Waals surface area contributed by atoms with Crippen molar-refractivity contribution in [2.75, 3.05) is 19.3 Å². The van der Waals surface area contributed by atoms with E-state index in [0.717, 1.165) is 12.8 Å². The van der Waals surface area contributed by atoms with Gasteiger partial charge in [0.25, 0.3) is 0 Å². The minimum Gasteiger partial charge on any atom is -0.398 e. The van der Waals surface area contributed by atoms with Gasteiger partial charge in [-0.3, -0.25) is 0 Å². The summed E-state index contributed by atoms with van der Waals surface area (Å²) in [5, 5.41) is 0.359. The number of sulfonamides is 1. The van der Waals surface area contributed by atoms with E-state index in [9.17, 15) is 8.42 Å². The van der Waals surface area contributed by atoms with E-state index >= 15 is 0 Å². The molecule has 0 unspecified atom stereocenters. The molecule has 0 fully saturated rings. The molecule has 0 amide bonds. The zero-order chi connectivity index (χ0) is 14.6. The van der Waals surface area contributed by atoms with Crippen LogP contribution in [0.4, 0.5) is 5.69 Å². The van der Waals surface area contributed by atoms with Crippen LogP contribution in [-0.4, -0.2) is 26.3 Å². The van der Waals surface area contributed by atoms with Crippen LogP contribution in [0.3, 0.4) is 0 Å². The second kappa shape index (κ2) is 6.41. The number of halogens is 1. The molecule has 19 heavy (non-hydrogen) atoms. The van der Waals surface area contributed by atoms with Crippen LogP contribution in [0, 0.1) is 6.92 Å². The second-order valence-electron chi connectivity index (χ2n) is 4.38. The van der Waals surface area contributed by atoms with Crippen molar-refractivity contribution in [1.82, 2.24) is 4.31 Å². The summed E-state index contributed by atoms with van der Waals surface area (Å²) in [6.07, 6.45) is 3.27. The maximum atomic E-state index is 12.3. The largest absolute Gasteiger partial charge is 0.398 e. The lowest BCUT2D eigenvalue weighted by Gasteiger charge is -2.18. The van der Waals surface area contributed by atoms with E-state index in [1.54, 1.807) is 20.0 Å². The Labute approximate surface area is 119 Å². The molecule has 0 spiro atoms. The third-order valence-electron chi connectivity index (χ3n) is 2.95. The number of hydrogen-bond donors (Lipinski definition) is 1. The Morgan fingerprint density at radius 1 is 1.47 bits per heavy atom. The lowest BCUT2D eigenvalue weighted by molar-refractivity contribution is 0.463. The average Bonchev–Trinajstić information content (AvgIpc) is 2.35. The molecule has 6 heteroatoms. The van der Waals surface area contributed by atoms with Crippen LogP contribution in [-0.2, 0) is 10.0 Å². The van der Waals surface area contributed by atoms with Gasteiger partial charge in [-0.05, 0) is 37.5 Å². The summed E-state index contributed by atoms with van der Waals surface area (Å²) < 4.78 is 26.0. The van der Waals surface area contributed by atoms with Gasteiger partial charge < -0.3 is 5.73 Å². The molecule has 0 aliphatic rings. The molecule has 0 heterocycles.